The molecule has 2 aromatic rings. The molecule has 0 aromatic heterocycles. The molecule has 0 bridgehead atoms. The van der Waals surface area contributed by atoms with E-state index < -0.39 is 29.6 Å². The molecule has 3 amide bonds. The number of nitrogens with one attached hydrogen (secondary N) is 2. The van der Waals surface area contributed by atoms with Crippen LogP contribution in [-0.4, -0.2) is 63.1 Å². The molecule has 3 atom stereocenters. The van der Waals surface area contributed by atoms with Crippen molar-refractivity contribution < 1.29 is 19.5 Å². The summed E-state index contributed by atoms with van der Waals surface area (Å²) >= 11 is 1.46. The quantitative estimate of drug-likeness (QED) is 0.562. The number of amides is 3. The van der Waals surface area contributed by atoms with E-state index in [1.165, 1.54) is 16.7 Å². The van der Waals surface area contributed by atoms with Crippen molar-refractivity contribution in [3.8, 4) is 0 Å². The SMILES string of the molecule is Cc1ccc(C(=O)N[C@@H](Cc2ccccc2)[C@H](O)C(=O)N2CSC[C@H]2C(=O)NC(C)(C)C)cc1. The lowest BCUT2D eigenvalue weighted by molar-refractivity contribution is -0.146. The molecule has 7 nitrogen and oxygen atoms in total. The van der Waals surface area contributed by atoms with Crippen molar-refractivity contribution in [1.82, 2.24) is 15.5 Å². The van der Waals surface area contributed by atoms with Gasteiger partial charge in [-0.1, -0.05) is 48.0 Å². The molecule has 3 N–H and O–H groups in total. The van der Waals surface area contributed by atoms with Crippen LogP contribution >= 0.6 is 11.8 Å². The van der Waals surface area contributed by atoms with Crippen molar-refractivity contribution in [2.75, 3.05) is 11.6 Å². The maximum Gasteiger partial charge on any atom is 0.254 e. The number of carbonyl (C=O) groups excluding carboxylic acids is 3. The second kappa shape index (κ2) is 11.1. The Morgan fingerprint density at radius 1 is 1.09 bits per heavy atom. The minimum atomic E-state index is -1.50. The molecule has 1 aliphatic rings. The van der Waals surface area contributed by atoms with E-state index in [1.54, 1.807) is 12.1 Å². The Bertz CT molecular complexity index is 1000. The highest BCUT2D eigenvalue weighted by Gasteiger charge is 2.40. The summed E-state index contributed by atoms with van der Waals surface area (Å²) < 4.78 is 0. The second-order valence-electron chi connectivity index (χ2n) is 9.64. The molecule has 34 heavy (non-hydrogen) atoms. The first kappa shape index (κ1) is 25.8. The number of thioether (sulfide) groups is 1. The second-order valence-corrected chi connectivity index (χ2v) is 10.6. The topological polar surface area (TPSA) is 98.7 Å². The Morgan fingerprint density at radius 2 is 1.74 bits per heavy atom. The molecule has 2 aromatic carbocycles. The first-order valence-corrected chi connectivity index (χ1v) is 12.5. The molecule has 1 aliphatic heterocycles. The monoisotopic (exact) mass is 483 g/mol. The number of nitrogens with zero attached hydrogens (tertiary/aromatic N) is 1. The van der Waals surface area contributed by atoms with Gasteiger partial charge in [-0.05, 0) is 51.8 Å². The van der Waals surface area contributed by atoms with E-state index in [4.69, 9.17) is 0 Å². The Labute approximate surface area is 205 Å². The van der Waals surface area contributed by atoms with E-state index >= 15 is 0 Å². The van der Waals surface area contributed by atoms with Gasteiger partial charge in [0.15, 0.2) is 6.10 Å². The van der Waals surface area contributed by atoms with Gasteiger partial charge in [0.05, 0.1) is 11.9 Å². The van der Waals surface area contributed by atoms with Gasteiger partial charge in [-0.2, -0.15) is 0 Å². The smallest absolute Gasteiger partial charge is 0.254 e. The summed E-state index contributed by atoms with van der Waals surface area (Å²) in [4.78, 5) is 40.5. The third-order valence-electron chi connectivity index (χ3n) is 5.53. The van der Waals surface area contributed by atoms with Gasteiger partial charge in [-0.3, -0.25) is 14.4 Å². The molecule has 0 radical (unpaired) electrons. The number of carbonyl (C=O) groups is 3. The highest BCUT2D eigenvalue weighted by Crippen LogP contribution is 2.24. The van der Waals surface area contributed by atoms with Crippen molar-refractivity contribution in [2.45, 2.75) is 57.8 Å². The third-order valence-corrected chi connectivity index (χ3v) is 6.54. The predicted octanol–water partition coefficient (Wildman–Crippen LogP) is 2.51. The normalized spacial score (nSPS) is 17.7. The lowest BCUT2D eigenvalue weighted by Gasteiger charge is -2.31. The summed E-state index contributed by atoms with van der Waals surface area (Å²) in [6.45, 7) is 7.57. The minimum absolute atomic E-state index is 0.249. The maximum absolute atomic E-state index is 13.4. The fraction of sp³-hybridized carbons (Fsp3) is 0.423. The predicted molar refractivity (Wildman–Crippen MR) is 134 cm³/mol. The molecular weight excluding hydrogens is 450 g/mol. The number of hydrogen-bond donors (Lipinski definition) is 3. The van der Waals surface area contributed by atoms with Crippen LogP contribution in [0.2, 0.25) is 0 Å². The minimum Gasteiger partial charge on any atom is -0.381 e. The third kappa shape index (κ3) is 6.84. The molecular formula is C26H33N3O4S. The van der Waals surface area contributed by atoms with Gasteiger partial charge in [0.1, 0.15) is 6.04 Å². The number of benzene rings is 2. The molecule has 1 heterocycles. The molecule has 0 unspecified atom stereocenters. The average molecular weight is 484 g/mol. The molecule has 0 aliphatic carbocycles. The Balaban J connectivity index is 1.79. The van der Waals surface area contributed by atoms with Crippen LogP contribution < -0.4 is 10.6 Å². The van der Waals surface area contributed by atoms with E-state index in [9.17, 15) is 19.5 Å². The number of aryl methyl sites for hydroxylation is 1. The van der Waals surface area contributed by atoms with Crippen molar-refractivity contribution in [2.24, 2.45) is 0 Å². The Kier molecular flexibility index (Phi) is 8.38. The van der Waals surface area contributed by atoms with Crippen LogP contribution in [0.5, 0.6) is 0 Å². The maximum atomic E-state index is 13.4. The standard InChI is InChI=1S/C26H33N3O4S/c1-17-10-12-19(13-11-17)23(31)27-20(14-18-8-6-5-7-9-18)22(30)25(33)29-16-34-15-21(29)24(32)28-26(2,3)4/h5-13,20-22,30H,14-16H2,1-4H3,(H,27,31)(H,28,32)/t20-,21-,22-/m0/s1. The summed E-state index contributed by atoms with van der Waals surface area (Å²) in [5.41, 5.74) is 1.91. The van der Waals surface area contributed by atoms with Crippen molar-refractivity contribution in [3.05, 3.63) is 71.3 Å². The van der Waals surface area contributed by atoms with Crippen molar-refractivity contribution >= 4 is 29.5 Å². The Morgan fingerprint density at radius 3 is 2.35 bits per heavy atom. The number of aliphatic hydroxyl groups excluding tert-OH is 1. The molecule has 3 rings (SSSR count). The highest BCUT2D eigenvalue weighted by atomic mass is 32.2. The molecule has 8 heteroatoms. The van der Waals surface area contributed by atoms with E-state index in [-0.39, 0.29) is 18.2 Å². The zero-order chi connectivity index (χ0) is 24.9. The molecule has 1 saturated heterocycles. The van der Waals surface area contributed by atoms with Gasteiger partial charge in [0.2, 0.25) is 5.91 Å². The summed E-state index contributed by atoms with van der Waals surface area (Å²) in [6.07, 6.45) is -1.23. The average Bonchev–Trinajstić information content (AvgIpc) is 3.28. The van der Waals surface area contributed by atoms with Crippen molar-refractivity contribution in [3.63, 3.8) is 0 Å². The molecule has 182 valence electrons. The molecule has 0 saturated carbocycles. The molecule has 1 fully saturated rings. The van der Waals surface area contributed by atoms with Gasteiger partial charge < -0.3 is 20.6 Å². The number of rotatable bonds is 7. The number of hydrogen-bond acceptors (Lipinski definition) is 5. The number of aliphatic hydroxyl groups is 1. The van der Waals surface area contributed by atoms with Crippen LogP contribution in [0.25, 0.3) is 0 Å². The summed E-state index contributed by atoms with van der Waals surface area (Å²) in [7, 11) is 0. The van der Waals surface area contributed by atoms with E-state index in [0.717, 1.165) is 11.1 Å². The highest BCUT2D eigenvalue weighted by molar-refractivity contribution is 7.99. The van der Waals surface area contributed by atoms with E-state index in [0.29, 0.717) is 17.2 Å². The van der Waals surface area contributed by atoms with Crippen LogP contribution in [0.1, 0.15) is 42.3 Å². The largest absolute Gasteiger partial charge is 0.381 e. The van der Waals surface area contributed by atoms with Gasteiger partial charge in [0.25, 0.3) is 11.8 Å². The van der Waals surface area contributed by atoms with Gasteiger partial charge >= 0.3 is 0 Å². The van der Waals surface area contributed by atoms with Crippen LogP contribution in [0.4, 0.5) is 0 Å². The lowest BCUT2D eigenvalue weighted by atomic mass is 9.99. The van der Waals surface area contributed by atoms with Crippen LogP contribution in [0, 0.1) is 6.92 Å². The summed E-state index contributed by atoms with van der Waals surface area (Å²) in [5, 5.41) is 16.9. The van der Waals surface area contributed by atoms with E-state index in [1.807, 2.05) is 70.2 Å². The van der Waals surface area contributed by atoms with Crippen LogP contribution in [0.15, 0.2) is 54.6 Å². The van der Waals surface area contributed by atoms with Gasteiger partial charge in [-0.25, -0.2) is 0 Å². The first-order chi connectivity index (χ1) is 16.0. The van der Waals surface area contributed by atoms with E-state index in [2.05, 4.69) is 10.6 Å². The van der Waals surface area contributed by atoms with Crippen LogP contribution in [-0.2, 0) is 16.0 Å². The molecule has 0 spiro atoms. The van der Waals surface area contributed by atoms with Gasteiger partial charge in [0, 0.05) is 16.9 Å². The summed E-state index contributed by atoms with van der Waals surface area (Å²) in [5.74, 6) is -0.419. The summed E-state index contributed by atoms with van der Waals surface area (Å²) in [6, 6.07) is 14.9. The Hall–Kier alpha value is -2.84. The zero-order valence-corrected chi connectivity index (χ0v) is 20.9. The fourth-order valence-electron chi connectivity index (χ4n) is 3.74. The zero-order valence-electron chi connectivity index (χ0n) is 20.1. The van der Waals surface area contributed by atoms with Crippen LogP contribution in [0.3, 0.4) is 0 Å². The van der Waals surface area contributed by atoms with Crippen molar-refractivity contribution in [1.29, 1.82) is 0 Å². The fourth-order valence-corrected chi connectivity index (χ4v) is 4.90. The first-order valence-electron chi connectivity index (χ1n) is 11.3. The lowest BCUT2D eigenvalue weighted by Crippen LogP contribution is -2.57. The van der Waals surface area contributed by atoms with Gasteiger partial charge in [-0.15, -0.1) is 11.8 Å².